The van der Waals surface area contributed by atoms with Crippen molar-refractivity contribution in [2.45, 2.75) is 0 Å². The van der Waals surface area contributed by atoms with Gasteiger partial charge >= 0.3 is 5.97 Å². The molecule has 90 valence electrons. The van der Waals surface area contributed by atoms with E-state index >= 15 is 0 Å². The maximum Gasteiger partial charge on any atom is 0.357 e. The number of nitrogens with zero attached hydrogens (tertiary/aromatic N) is 2. The smallest absolute Gasteiger partial charge is 0.357 e. The van der Waals surface area contributed by atoms with Crippen LogP contribution in [-0.2, 0) is 0 Å². The van der Waals surface area contributed by atoms with Gasteiger partial charge in [0.25, 0.3) is 0 Å². The number of halogens is 1. The molecule has 0 aliphatic carbocycles. The SMILES string of the molecule is N#Cc1ccc(Nc2scnc2C(=O)O)c(F)c1. The second kappa shape index (κ2) is 4.81. The average Bonchev–Trinajstić information content (AvgIpc) is 2.80. The van der Waals surface area contributed by atoms with Crippen LogP contribution in [0.5, 0.6) is 0 Å². The van der Waals surface area contributed by atoms with Crippen molar-refractivity contribution in [1.82, 2.24) is 4.98 Å². The molecule has 0 atom stereocenters. The first kappa shape index (κ1) is 12.0. The standard InChI is InChI=1S/C11H6FN3O2S/c12-7-3-6(4-13)1-2-8(7)15-10-9(11(16)17)14-5-18-10/h1-3,5,15H,(H,16,17). The van der Waals surface area contributed by atoms with E-state index in [1.807, 2.05) is 6.07 Å². The van der Waals surface area contributed by atoms with E-state index < -0.39 is 11.8 Å². The Morgan fingerprint density at radius 2 is 2.33 bits per heavy atom. The van der Waals surface area contributed by atoms with Gasteiger partial charge in [-0.3, -0.25) is 0 Å². The van der Waals surface area contributed by atoms with E-state index in [0.717, 1.165) is 17.4 Å². The zero-order chi connectivity index (χ0) is 13.1. The van der Waals surface area contributed by atoms with E-state index in [-0.39, 0.29) is 21.9 Å². The van der Waals surface area contributed by atoms with Crippen molar-refractivity contribution in [3.05, 3.63) is 40.8 Å². The van der Waals surface area contributed by atoms with E-state index in [1.54, 1.807) is 0 Å². The molecule has 18 heavy (non-hydrogen) atoms. The summed E-state index contributed by atoms with van der Waals surface area (Å²) < 4.78 is 13.6. The van der Waals surface area contributed by atoms with E-state index in [0.29, 0.717) is 0 Å². The number of hydrogen-bond donors (Lipinski definition) is 2. The molecule has 1 aromatic heterocycles. The van der Waals surface area contributed by atoms with Crippen molar-refractivity contribution in [3.8, 4) is 6.07 Å². The summed E-state index contributed by atoms with van der Waals surface area (Å²) in [5.41, 5.74) is 1.48. The number of anilines is 2. The van der Waals surface area contributed by atoms with Gasteiger partial charge in [0.1, 0.15) is 10.8 Å². The van der Waals surface area contributed by atoms with Crippen molar-refractivity contribution in [3.63, 3.8) is 0 Å². The second-order valence-corrected chi connectivity index (χ2v) is 4.12. The number of nitrogens with one attached hydrogen (secondary N) is 1. The monoisotopic (exact) mass is 263 g/mol. The van der Waals surface area contributed by atoms with Crippen LogP contribution in [0.1, 0.15) is 16.1 Å². The van der Waals surface area contributed by atoms with E-state index in [9.17, 15) is 9.18 Å². The molecule has 0 spiro atoms. The summed E-state index contributed by atoms with van der Waals surface area (Å²) in [6, 6.07) is 5.70. The molecule has 1 heterocycles. The van der Waals surface area contributed by atoms with Crippen molar-refractivity contribution in [2.24, 2.45) is 0 Å². The van der Waals surface area contributed by atoms with Gasteiger partial charge in [0, 0.05) is 0 Å². The zero-order valence-corrected chi connectivity index (χ0v) is 9.66. The minimum atomic E-state index is -1.19. The van der Waals surface area contributed by atoms with Crippen LogP contribution in [0.15, 0.2) is 23.7 Å². The van der Waals surface area contributed by atoms with Crippen molar-refractivity contribution < 1.29 is 14.3 Å². The topological polar surface area (TPSA) is 86.0 Å². The Labute approximate surface area is 105 Å². The van der Waals surface area contributed by atoms with Crippen LogP contribution in [0.2, 0.25) is 0 Å². The Morgan fingerprint density at radius 3 is 2.94 bits per heavy atom. The molecule has 0 radical (unpaired) electrons. The molecule has 0 amide bonds. The number of benzene rings is 1. The van der Waals surface area contributed by atoms with Gasteiger partial charge in [0.2, 0.25) is 0 Å². The number of aromatic nitrogens is 1. The molecular weight excluding hydrogens is 257 g/mol. The number of nitriles is 1. The third-order valence-corrected chi connectivity index (χ3v) is 2.86. The van der Waals surface area contributed by atoms with Gasteiger partial charge in [-0.2, -0.15) is 5.26 Å². The fourth-order valence-electron chi connectivity index (χ4n) is 1.30. The predicted molar refractivity (Wildman–Crippen MR) is 63.5 cm³/mol. The largest absolute Gasteiger partial charge is 0.476 e. The van der Waals surface area contributed by atoms with Crippen LogP contribution in [0.4, 0.5) is 15.1 Å². The molecule has 0 saturated carbocycles. The van der Waals surface area contributed by atoms with Gasteiger partial charge < -0.3 is 10.4 Å². The molecule has 0 unspecified atom stereocenters. The molecule has 0 saturated heterocycles. The third kappa shape index (κ3) is 2.28. The summed E-state index contributed by atoms with van der Waals surface area (Å²) >= 11 is 1.06. The Kier molecular flexibility index (Phi) is 3.21. The number of carboxylic acid groups (broad SMARTS) is 1. The lowest BCUT2D eigenvalue weighted by molar-refractivity contribution is 0.0692. The minimum absolute atomic E-state index is 0.0979. The van der Waals surface area contributed by atoms with Crippen LogP contribution in [0, 0.1) is 17.1 Å². The maximum atomic E-state index is 13.6. The highest BCUT2D eigenvalue weighted by Gasteiger charge is 2.15. The molecular formula is C11H6FN3O2S. The molecule has 1 aromatic carbocycles. The number of hydrogen-bond acceptors (Lipinski definition) is 5. The van der Waals surface area contributed by atoms with Gasteiger partial charge in [0.15, 0.2) is 5.69 Å². The molecule has 7 heteroatoms. The van der Waals surface area contributed by atoms with Crippen molar-refractivity contribution in [1.29, 1.82) is 5.26 Å². The fourth-order valence-corrected chi connectivity index (χ4v) is 1.98. The lowest BCUT2D eigenvalue weighted by Crippen LogP contribution is -2.02. The molecule has 0 aliphatic rings. The first-order valence-corrected chi connectivity index (χ1v) is 5.63. The molecule has 5 nitrogen and oxygen atoms in total. The van der Waals surface area contributed by atoms with E-state index in [1.165, 1.54) is 17.6 Å². The zero-order valence-electron chi connectivity index (χ0n) is 8.85. The van der Waals surface area contributed by atoms with Crippen LogP contribution >= 0.6 is 11.3 Å². The quantitative estimate of drug-likeness (QED) is 0.888. The highest BCUT2D eigenvalue weighted by Crippen LogP contribution is 2.26. The fraction of sp³-hybridized carbons (Fsp3) is 0. The highest BCUT2D eigenvalue weighted by molar-refractivity contribution is 7.14. The van der Waals surface area contributed by atoms with Gasteiger partial charge in [0.05, 0.1) is 22.8 Å². The Balaban J connectivity index is 2.32. The summed E-state index contributed by atoms with van der Waals surface area (Å²) in [5, 5.41) is 20.3. The first-order chi connectivity index (χ1) is 8.61. The van der Waals surface area contributed by atoms with Crippen LogP contribution in [-0.4, -0.2) is 16.1 Å². The number of carbonyl (C=O) groups is 1. The number of aromatic carboxylic acids is 1. The van der Waals surface area contributed by atoms with E-state index in [4.69, 9.17) is 10.4 Å². The van der Waals surface area contributed by atoms with Gasteiger partial charge in [-0.25, -0.2) is 14.2 Å². The van der Waals surface area contributed by atoms with Crippen LogP contribution < -0.4 is 5.32 Å². The Bertz CT molecular complexity index is 648. The second-order valence-electron chi connectivity index (χ2n) is 3.27. The molecule has 0 aliphatic heterocycles. The Morgan fingerprint density at radius 1 is 1.56 bits per heavy atom. The number of rotatable bonds is 3. The highest BCUT2D eigenvalue weighted by atomic mass is 32.1. The van der Waals surface area contributed by atoms with Gasteiger partial charge in [-0.05, 0) is 18.2 Å². The maximum absolute atomic E-state index is 13.6. The molecule has 2 aromatic rings. The van der Waals surface area contributed by atoms with E-state index in [2.05, 4.69) is 10.3 Å². The summed E-state index contributed by atoms with van der Waals surface area (Å²) in [5.74, 6) is -1.81. The lowest BCUT2D eigenvalue weighted by Gasteiger charge is -2.05. The molecule has 2 rings (SSSR count). The summed E-state index contributed by atoms with van der Waals surface area (Å²) in [7, 11) is 0. The lowest BCUT2D eigenvalue weighted by atomic mass is 10.2. The predicted octanol–water partition coefficient (Wildman–Crippen LogP) is 2.60. The third-order valence-electron chi connectivity index (χ3n) is 2.12. The van der Waals surface area contributed by atoms with Crippen LogP contribution in [0.25, 0.3) is 0 Å². The van der Waals surface area contributed by atoms with Gasteiger partial charge in [-0.1, -0.05) is 0 Å². The summed E-state index contributed by atoms with van der Waals surface area (Å²) in [6.45, 7) is 0. The molecule has 0 bridgehead atoms. The van der Waals surface area contributed by atoms with Gasteiger partial charge in [-0.15, -0.1) is 11.3 Å². The molecule has 0 fully saturated rings. The van der Waals surface area contributed by atoms with Crippen molar-refractivity contribution in [2.75, 3.05) is 5.32 Å². The summed E-state index contributed by atoms with van der Waals surface area (Å²) in [4.78, 5) is 14.5. The normalized spacial score (nSPS) is 9.78. The molecule has 2 N–H and O–H groups in total. The average molecular weight is 263 g/mol. The first-order valence-electron chi connectivity index (χ1n) is 4.75. The summed E-state index contributed by atoms with van der Waals surface area (Å²) in [6.07, 6.45) is 0. The number of carboxylic acids is 1. The van der Waals surface area contributed by atoms with Crippen LogP contribution in [0.3, 0.4) is 0 Å². The van der Waals surface area contributed by atoms with Crippen molar-refractivity contribution >= 4 is 28.0 Å². The minimum Gasteiger partial charge on any atom is -0.476 e. The Hall–Kier alpha value is -2.46. The number of thiazole rings is 1.